The Morgan fingerprint density at radius 2 is 1.71 bits per heavy atom. The number of hydrogen-bond donors (Lipinski definition) is 0. The van der Waals surface area contributed by atoms with Gasteiger partial charge in [0.25, 0.3) is 0 Å². The largest absolute Gasteiger partial charge is 0.337 e. The van der Waals surface area contributed by atoms with Crippen LogP contribution in [0.1, 0.15) is 38.7 Å². The van der Waals surface area contributed by atoms with E-state index in [1.54, 1.807) is 0 Å². The lowest BCUT2D eigenvalue weighted by Crippen LogP contribution is -2.23. The van der Waals surface area contributed by atoms with E-state index in [2.05, 4.69) is 164 Å². The van der Waals surface area contributed by atoms with Crippen LogP contribution in [-0.4, -0.2) is 13.1 Å². The predicted molar refractivity (Wildman–Crippen MR) is 182 cm³/mol. The van der Waals surface area contributed by atoms with E-state index >= 15 is 0 Å². The van der Waals surface area contributed by atoms with Crippen molar-refractivity contribution in [2.24, 2.45) is 0 Å². The van der Waals surface area contributed by atoms with Crippen LogP contribution in [0.5, 0.6) is 0 Å². The highest BCUT2D eigenvalue weighted by Crippen LogP contribution is 2.36. The van der Waals surface area contributed by atoms with Crippen LogP contribution in [0.2, 0.25) is 0 Å². The van der Waals surface area contributed by atoms with E-state index in [4.69, 9.17) is 0 Å². The molecule has 2 bridgehead atoms. The van der Waals surface area contributed by atoms with Gasteiger partial charge in [-0.15, -0.1) is 0 Å². The summed E-state index contributed by atoms with van der Waals surface area (Å²) in [7, 11) is 0. The first kappa shape index (κ1) is 28.7. The molecule has 0 amide bonds. The van der Waals surface area contributed by atoms with Crippen molar-refractivity contribution in [2.45, 2.75) is 33.1 Å². The zero-order valence-electron chi connectivity index (χ0n) is 25.0. The average molecular weight is 549 g/mol. The third kappa shape index (κ3) is 6.92. The average Bonchev–Trinajstić information content (AvgIpc) is 3.25. The highest BCUT2D eigenvalue weighted by molar-refractivity contribution is 5.76. The zero-order chi connectivity index (χ0) is 29.3. The van der Waals surface area contributed by atoms with Crippen molar-refractivity contribution in [3.05, 3.63) is 168 Å². The minimum atomic E-state index is 0.420. The smallest absolute Gasteiger partial charge is 0.0850 e. The summed E-state index contributed by atoms with van der Waals surface area (Å²) in [6, 6.07) is 26.5. The van der Waals surface area contributed by atoms with Gasteiger partial charge < -0.3 is 9.80 Å². The molecular formula is C40H40N2. The molecule has 0 aromatic heterocycles. The normalized spacial score (nSPS) is 16.9. The van der Waals surface area contributed by atoms with E-state index < -0.39 is 0 Å². The molecule has 0 saturated heterocycles. The van der Waals surface area contributed by atoms with Gasteiger partial charge in [0.1, 0.15) is 0 Å². The minimum Gasteiger partial charge on any atom is -0.337 e. The molecule has 1 aliphatic carbocycles. The lowest BCUT2D eigenvalue weighted by atomic mass is 9.99. The Hall–Kier alpha value is -4.78. The molecule has 0 radical (unpaired) electrons. The van der Waals surface area contributed by atoms with Crippen molar-refractivity contribution < 1.29 is 0 Å². The second-order valence-electron chi connectivity index (χ2n) is 11.1. The van der Waals surface area contributed by atoms with Crippen molar-refractivity contribution in [2.75, 3.05) is 22.9 Å². The molecule has 0 fully saturated rings. The lowest BCUT2D eigenvalue weighted by molar-refractivity contribution is 0.858. The molecule has 1 heterocycles. The van der Waals surface area contributed by atoms with Gasteiger partial charge >= 0.3 is 0 Å². The highest BCUT2D eigenvalue weighted by Gasteiger charge is 2.16. The van der Waals surface area contributed by atoms with Crippen molar-refractivity contribution in [1.82, 2.24) is 0 Å². The molecule has 3 aromatic carbocycles. The third-order valence-corrected chi connectivity index (χ3v) is 7.56. The fraction of sp³-hybridized carbons (Fsp3) is 0.175. The van der Waals surface area contributed by atoms with Crippen LogP contribution in [0.25, 0.3) is 11.1 Å². The van der Waals surface area contributed by atoms with Crippen LogP contribution in [0.15, 0.2) is 163 Å². The number of hydrogen-bond acceptors (Lipinski definition) is 2. The molecule has 0 saturated carbocycles. The van der Waals surface area contributed by atoms with Crippen LogP contribution < -0.4 is 9.80 Å². The zero-order valence-corrected chi connectivity index (χ0v) is 25.0. The maximum absolute atomic E-state index is 3.87. The second kappa shape index (κ2) is 13.7. The van der Waals surface area contributed by atoms with E-state index in [9.17, 15) is 0 Å². The quantitative estimate of drug-likeness (QED) is 0.204. The molecule has 0 spiro atoms. The first-order valence-corrected chi connectivity index (χ1v) is 14.8. The summed E-state index contributed by atoms with van der Waals surface area (Å²) in [5.41, 5.74) is 14.5. The van der Waals surface area contributed by atoms with E-state index in [-0.39, 0.29) is 0 Å². The molecule has 0 atom stereocenters. The molecular weight excluding hydrogens is 508 g/mol. The molecule has 42 heavy (non-hydrogen) atoms. The van der Waals surface area contributed by atoms with Crippen LogP contribution in [0, 0.1) is 0 Å². The van der Waals surface area contributed by atoms with Gasteiger partial charge in [0.2, 0.25) is 0 Å². The monoisotopic (exact) mass is 548 g/mol. The third-order valence-electron chi connectivity index (χ3n) is 7.56. The van der Waals surface area contributed by atoms with Crippen LogP contribution >= 0.6 is 0 Å². The van der Waals surface area contributed by atoms with Crippen molar-refractivity contribution in [1.29, 1.82) is 0 Å². The predicted octanol–water partition coefficient (Wildman–Crippen LogP) is 10.6. The molecule has 0 N–H and O–H groups in total. The van der Waals surface area contributed by atoms with Gasteiger partial charge in [-0.2, -0.15) is 0 Å². The van der Waals surface area contributed by atoms with Crippen LogP contribution in [0.4, 0.5) is 17.1 Å². The molecule has 2 nitrogen and oxygen atoms in total. The summed E-state index contributed by atoms with van der Waals surface area (Å²) in [6.07, 6.45) is 22.0. The van der Waals surface area contributed by atoms with Crippen molar-refractivity contribution >= 4 is 17.1 Å². The number of rotatable bonds is 8. The van der Waals surface area contributed by atoms with E-state index in [1.807, 2.05) is 12.2 Å². The maximum atomic E-state index is 3.87. The highest BCUT2D eigenvalue weighted by atomic mass is 15.1. The van der Waals surface area contributed by atoms with Crippen LogP contribution in [-0.2, 0) is 0 Å². The topological polar surface area (TPSA) is 6.48 Å². The summed E-state index contributed by atoms with van der Waals surface area (Å²) in [6.45, 7) is 12.1. The maximum Gasteiger partial charge on any atom is 0.0850 e. The fourth-order valence-electron chi connectivity index (χ4n) is 5.42. The lowest BCUT2D eigenvalue weighted by Gasteiger charge is -2.28. The number of nitrogens with zero attached hydrogens (tertiary/aromatic N) is 2. The number of anilines is 3. The Morgan fingerprint density at radius 3 is 2.55 bits per heavy atom. The van der Waals surface area contributed by atoms with E-state index in [1.165, 1.54) is 33.5 Å². The van der Waals surface area contributed by atoms with Crippen LogP contribution in [0.3, 0.4) is 0 Å². The van der Waals surface area contributed by atoms with Crippen molar-refractivity contribution in [3.8, 4) is 11.1 Å². The first-order valence-electron chi connectivity index (χ1n) is 14.8. The Morgan fingerprint density at radius 1 is 0.929 bits per heavy atom. The van der Waals surface area contributed by atoms with Gasteiger partial charge in [-0.25, -0.2) is 0 Å². The standard InChI is InChI=1S/C40H40N2/c1-5-6-13-26-41(40-25-12-11-24-39(40)31(2)3)37-22-14-19-34(28-37)35-20-15-23-38(29-35)42-30-32(4)16-7-8-17-33-18-9-10-21-36(42)27-33/h5-16,18-25,28-29,31H,1,17,26,30H2,2-4H3/b8-7-,13-6-,32-16-. The Balaban J connectivity index is 1.56. The molecule has 3 aromatic rings. The Bertz CT molecular complexity index is 1650. The molecule has 5 rings (SSSR count). The first-order chi connectivity index (χ1) is 20.5. The van der Waals surface area contributed by atoms with Gasteiger partial charge in [0.15, 0.2) is 0 Å². The number of benzene rings is 3. The Kier molecular flexibility index (Phi) is 9.39. The summed E-state index contributed by atoms with van der Waals surface area (Å²) >= 11 is 0. The molecule has 1 aliphatic heterocycles. The number of allylic oxidation sites excluding steroid dienone is 9. The summed E-state index contributed by atoms with van der Waals surface area (Å²) < 4.78 is 0. The second-order valence-corrected chi connectivity index (χ2v) is 11.1. The summed E-state index contributed by atoms with van der Waals surface area (Å²) in [4.78, 5) is 4.77. The number of para-hydroxylation sites is 1. The van der Waals surface area contributed by atoms with Gasteiger partial charge in [-0.05, 0) is 77.9 Å². The van der Waals surface area contributed by atoms with Gasteiger partial charge in [-0.1, -0.05) is 129 Å². The molecule has 2 aliphatic rings. The molecule has 2 heteroatoms. The Labute approximate surface area is 252 Å². The summed E-state index contributed by atoms with van der Waals surface area (Å²) in [5, 5.41) is 0. The SMILES string of the molecule is C=C/C=C\CN(c1cccc(-c2cccc(N3C/C(C)=C\C=C/CC4=C=C3C=CC=C4)c2)c1)c1ccccc1C(C)C. The van der Waals surface area contributed by atoms with Crippen molar-refractivity contribution in [3.63, 3.8) is 0 Å². The minimum absolute atomic E-state index is 0.420. The van der Waals surface area contributed by atoms with E-state index in [0.29, 0.717) is 5.92 Å². The fourth-order valence-corrected chi connectivity index (χ4v) is 5.42. The van der Waals surface area contributed by atoms with Gasteiger partial charge in [0, 0.05) is 30.2 Å². The van der Waals surface area contributed by atoms with E-state index in [0.717, 1.165) is 36.6 Å². The van der Waals surface area contributed by atoms with Gasteiger partial charge in [-0.3, -0.25) is 0 Å². The molecule has 0 unspecified atom stereocenters. The van der Waals surface area contributed by atoms with Gasteiger partial charge in [0.05, 0.1) is 5.70 Å². The summed E-state index contributed by atoms with van der Waals surface area (Å²) in [5.74, 6) is 0.420. The molecule has 210 valence electrons.